The van der Waals surface area contributed by atoms with Gasteiger partial charge < -0.3 is 35.8 Å². The summed E-state index contributed by atoms with van der Waals surface area (Å²) in [7, 11) is 4.32. The highest BCUT2D eigenvalue weighted by molar-refractivity contribution is 5.99. The fourth-order valence-corrected chi connectivity index (χ4v) is 5.95. The van der Waals surface area contributed by atoms with Gasteiger partial charge in [-0.1, -0.05) is 18.2 Å². The van der Waals surface area contributed by atoms with Gasteiger partial charge >= 0.3 is 0 Å². The molecule has 1 aromatic carbocycles. The molecule has 1 saturated heterocycles. The molecule has 1 amide bonds. The topological polar surface area (TPSA) is 122 Å². The SMILES string of the molecule is CN1CCN2c3cc(Nc4ncc5c(n4)Nc4cccc(n4)C(C)(O)CCC/C=C\CNC5=O)ccc3N(C)CC2C1. The van der Waals surface area contributed by atoms with Crippen molar-refractivity contribution in [3.05, 3.63) is 66.0 Å². The average molecular weight is 570 g/mol. The van der Waals surface area contributed by atoms with E-state index >= 15 is 0 Å². The van der Waals surface area contributed by atoms with Crippen molar-refractivity contribution in [3.63, 3.8) is 0 Å². The van der Waals surface area contributed by atoms with Crippen LogP contribution in [0.5, 0.6) is 0 Å². The fourth-order valence-electron chi connectivity index (χ4n) is 5.95. The summed E-state index contributed by atoms with van der Waals surface area (Å²) < 4.78 is 0. The standard InChI is InChI=1S/C31H39N9O2/c1-31(42)13-6-4-5-7-14-32-29(41)23-18-33-30(37-28(23)36-27-10-8-9-26(31)35-27)34-21-11-12-24-25(17-21)40-16-15-38(2)19-22(40)20-39(24)3/h5,7-12,17-18,22,42H,4,6,13-16,19-20H2,1-3H3,(H,32,41)(H2,33,34,35,36,37)/b7-5-. The van der Waals surface area contributed by atoms with E-state index in [1.54, 1.807) is 13.0 Å². The lowest BCUT2D eigenvalue weighted by Gasteiger charge is -2.48. The van der Waals surface area contributed by atoms with Crippen molar-refractivity contribution >= 4 is 40.6 Å². The van der Waals surface area contributed by atoms with Crippen molar-refractivity contribution in [2.45, 2.75) is 37.8 Å². The number of nitrogens with zero attached hydrogens (tertiary/aromatic N) is 6. The van der Waals surface area contributed by atoms with Crippen LogP contribution in [0.25, 0.3) is 0 Å². The van der Waals surface area contributed by atoms with Crippen LogP contribution in [0.1, 0.15) is 42.2 Å². The number of allylic oxidation sites excluding steroid dienone is 1. The molecule has 3 aliphatic heterocycles. The van der Waals surface area contributed by atoms with E-state index in [1.807, 2.05) is 30.4 Å². The predicted octanol–water partition coefficient (Wildman–Crippen LogP) is 3.61. The fraction of sp³-hybridized carbons (Fsp3) is 0.419. The van der Waals surface area contributed by atoms with Gasteiger partial charge in [0, 0.05) is 51.7 Å². The van der Waals surface area contributed by atoms with Gasteiger partial charge in [0.2, 0.25) is 5.95 Å². The maximum atomic E-state index is 13.1. The number of hydrogen-bond donors (Lipinski definition) is 4. The van der Waals surface area contributed by atoms with E-state index in [4.69, 9.17) is 4.98 Å². The van der Waals surface area contributed by atoms with Crippen molar-refractivity contribution in [3.8, 4) is 0 Å². The van der Waals surface area contributed by atoms with Crippen LogP contribution >= 0.6 is 0 Å². The Bertz CT molecular complexity index is 1490. The van der Waals surface area contributed by atoms with Crippen LogP contribution in [0.15, 0.2) is 54.7 Å². The van der Waals surface area contributed by atoms with Crippen molar-refractivity contribution in [1.82, 2.24) is 25.2 Å². The summed E-state index contributed by atoms with van der Waals surface area (Å²) in [5.41, 5.74) is 3.05. The summed E-state index contributed by atoms with van der Waals surface area (Å²) in [4.78, 5) is 34.2. The first kappa shape index (κ1) is 27.9. The summed E-state index contributed by atoms with van der Waals surface area (Å²) in [5, 5.41) is 20.6. The molecule has 3 aromatic rings. The van der Waals surface area contributed by atoms with Gasteiger partial charge in [0.05, 0.1) is 23.1 Å². The van der Waals surface area contributed by atoms with E-state index in [-0.39, 0.29) is 5.91 Å². The van der Waals surface area contributed by atoms with Crippen LogP contribution in [0.3, 0.4) is 0 Å². The molecule has 2 bridgehead atoms. The number of nitrogens with one attached hydrogen (secondary N) is 3. The minimum Gasteiger partial charge on any atom is -0.384 e. The molecule has 1 fully saturated rings. The highest BCUT2D eigenvalue weighted by Gasteiger charge is 2.33. The summed E-state index contributed by atoms with van der Waals surface area (Å²) in [6.07, 6.45) is 7.63. The number of carbonyl (C=O) groups is 1. The van der Waals surface area contributed by atoms with E-state index in [2.05, 4.69) is 66.8 Å². The quantitative estimate of drug-likeness (QED) is 0.341. The largest absolute Gasteiger partial charge is 0.384 e. The third-order valence-electron chi connectivity index (χ3n) is 8.28. The van der Waals surface area contributed by atoms with Crippen molar-refractivity contribution < 1.29 is 9.90 Å². The number of likely N-dealkylation sites (N-methyl/N-ethyl adjacent to an activating group) is 2. The molecule has 6 rings (SSSR count). The van der Waals surface area contributed by atoms with Gasteiger partial charge in [-0.05, 0) is 63.6 Å². The van der Waals surface area contributed by atoms with Crippen molar-refractivity contribution in [1.29, 1.82) is 0 Å². The maximum Gasteiger partial charge on any atom is 0.256 e. The van der Waals surface area contributed by atoms with Crippen LogP contribution in [0.2, 0.25) is 0 Å². The number of aliphatic hydroxyl groups is 1. The van der Waals surface area contributed by atoms with Crippen molar-refractivity contribution in [2.24, 2.45) is 0 Å². The Hall–Kier alpha value is -4.22. The van der Waals surface area contributed by atoms with Crippen LogP contribution < -0.4 is 25.8 Å². The van der Waals surface area contributed by atoms with Crippen LogP contribution in [-0.2, 0) is 5.60 Å². The number of amides is 1. The average Bonchev–Trinajstić information content (AvgIpc) is 2.96. The van der Waals surface area contributed by atoms with Crippen LogP contribution in [0, 0.1) is 0 Å². The van der Waals surface area contributed by atoms with Crippen LogP contribution in [0.4, 0.5) is 34.6 Å². The van der Waals surface area contributed by atoms with E-state index < -0.39 is 5.60 Å². The van der Waals surface area contributed by atoms with Gasteiger partial charge in [0.25, 0.3) is 5.91 Å². The number of piperazine rings is 1. The number of aromatic nitrogens is 3. The molecule has 2 aromatic heterocycles. The molecule has 11 nitrogen and oxygen atoms in total. The number of benzene rings is 1. The molecule has 0 radical (unpaired) electrons. The Morgan fingerprint density at radius 2 is 1.95 bits per heavy atom. The summed E-state index contributed by atoms with van der Waals surface area (Å²) in [6, 6.07) is 12.2. The zero-order valence-corrected chi connectivity index (χ0v) is 24.5. The minimum atomic E-state index is -1.08. The Morgan fingerprint density at radius 3 is 2.83 bits per heavy atom. The zero-order chi connectivity index (χ0) is 29.3. The summed E-state index contributed by atoms with van der Waals surface area (Å²) in [5.74, 6) is 0.876. The molecular weight excluding hydrogens is 530 g/mol. The molecule has 3 aliphatic rings. The first-order valence-corrected chi connectivity index (χ1v) is 14.6. The lowest BCUT2D eigenvalue weighted by atomic mass is 9.94. The van der Waals surface area contributed by atoms with Gasteiger partial charge in [-0.25, -0.2) is 9.97 Å². The van der Waals surface area contributed by atoms with E-state index in [0.717, 1.165) is 44.7 Å². The summed E-state index contributed by atoms with van der Waals surface area (Å²) in [6.45, 7) is 6.20. The molecule has 220 valence electrons. The molecular formula is C31H39N9O2. The lowest BCUT2D eigenvalue weighted by molar-refractivity contribution is 0.0415. The van der Waals surface area contributed by atoms with Gasteiger partial charge in [-0.2, -0.15) is 4.98 Å². The molecule has 4 N–H and O–H groups in total. The normalized spacial score (nSPS) is 23.7. The second kappa shape index (κ2) is 11.6. The number of fused-ring (bicyclic) bond motifs is 6. The molecule has 5 heterocycles. The molecule has 11 heteroatoms. The number of hydrogen-bond acceptors (Lipinski definition) is 10. The lowest BCUT2D eigenvalue weighted by Crippen LogP contribution is -2.58. The van der Waals surface area contributed by atoms with Gasteiger partial charge in [0.15, 0.2) is 0 Å². The monoisotopic (exact) mass is 569 g/mol. The predicted molar refractivity (Wildman–Crippen MR) is 166 cm³/mol. The molecule has 0 aliphatic carbocycles. The highest BCUT2D eigenvalue weighted by Crippen LogP contribution is 2.38. The Morgan fingerprint density at radius 1 is 1.07 bits per heavy atom. The minimum absolute atomic E-state index is 0.287. The van der Waals surface area contributed by atoms with E-state index in [9.17, 15) is 9.90 Å². The van der Waals surface area contributed by atoms with Gasteiger partial charge in [0.1, 0.15) is 22.8 Å². The van der Waals surface area contributed by atoms with Gasteiger partial charge in [-0.15, -0.1) is 0 Å². The maximum absolute atomic E-state index is 13.1. The van der Waals surface area contributed by atoms with E-state index in [1.165, 1.54) is 17.6 Å². The summed E-state index contributed by atoms with van der Waals surface area (Å²) >= 11 is 0. The van der Waals surface area contributed by atoms with E-state index in [0.29, 0.717) is 47.8 Å². The number of carbonyl (C=O) groups excluding carboxylic acids is 1. The number of pyridine rings is 1. The molecule has 0 saturated carbocycles. The van der Waals surface area contributed by atoms with Crippen LogP contribution in [-0.4, -0.2) is 83.7 Å². The molecule has 2 atom stereocenters. The van der Waals surface area contributed by atoms with Crippen molar-refractivity contribution in [2.75, 3.05) is 67.3 Å². The zero-order valence-electron chi connectivity index (χ0n) is 24.5. The Kier molecular flexibility index (Phi) is 7.70. The van der Waals surface area contributed by atoms with Gasteiger partial charge in [-0.3, -0.25) is 4.79 Å². The second-order valence-electron chi connectivity index (χ2n) is 11.7. The molecule has 42 heavy (non-hydrogen) atoms. The third-order valence-corrected chi connectivity index (χ3v) is 8.28. The highest BCUT2D eigenvalue weighted by atomic mass is 16.3. The first-order valence-electron chi connectivity index (χ1n) is 14.6. The molecule has 2 unspecified atom stereocenters. The second-order valence-corrected chi connectivity index (χ2v) is 11.7. The third kappa shape index (κ3) is 5.88. The Labute approximate surface area is 246 Å². The number of anilines is 6. The first-order chi connectivity index (χ1) is 20.3. The number of rotatable bonds is 2. The Balaban J connectivity index is 1.31. The molecule has 0 spiro atoms. The smallest absolute Gasteiger partial charge is 0.256 e.